The number of amides is 2. The fourth-order valence-electron chi connectivity index (χ4n) is 3.67. The number of aryl methyl sites for hydroxylation is 1. The van der Waals surface area contributed by atoms with Crippen LogP contribution in [0.15, 0.2) is 40.7 Å². The number of rotatable bonds is 7. The number of thiocarbonyl (C=S) groups is 1. The molecule has 41 heavy (non-hydrogen) atoms. The molecule has 1 saturated heterocycles. The number of aromatic nitrogens is 2. The molecule has 2 aromatic heterocycles. The largest absolute Gasteiger partial charge is 0.475 e. The molecule has 1 aliphatic heterocycles. The van der Waals surface area contributed by atoms with Gasteiger partial charge in [-0.2, -0.15) is 26.3 Å². The predicted octanol–water partition coefficient (Wildman–Crippen LogP) is 6.11. The number of thioether (sulfide) groups is 1. The van der Waals surface area contributed by atoms with Crippen LogP contribution in [-0.2, 0) is 29.0 Å². The summed E-state index contributed by atoms with van der Waals surface area (Å²) in [4.78, 5) is 41.8. The van der Waals surface area contributed by atoms with Crippen LogP contribution in [0.3, 0.4) is 0 Å². The standard InChI is InChI=1S/C24H16F6N4O4S3/c1-33-9-17(32-19(33)21(37)38)31-18(35)2-3-34-20(36)16(41-22(34)39)8-15-6-12(10-40-15)11-4-13(23(25,26)27)7-14(5-11)24(28,29)30/h4-10H,2-3H2,1H3,(H,31,35)(H,37,38). The Hall–Kier alpha value is -3.70. The smallest absolute Gasteiger partial charge is 0.416 e. The number of hydrogen-bond acceptors (Lipinski definition) is 7. The number of carbonyl (C=O) groups is 3. The van der Waals surface area contributed by atoms with Crippen LogP contribution >= 0.6 is 35.3 Å². The topological polar surface area (TPSA) is 105 Å². The summed E-state index contributed by atoms with van der Waals surface area (Å²) in [6, 6.07) is 2.66. The third-order valence-electron chi connectivity index (χ3n) is 5.59. The van der Waals surface area contributed by atoms with Crippen LogP contribution in [0, 0.1) is 0 Å². The maximum atomic E-state index is 13.2. The van der Waals surface area contributed by atoms with Crippen molar-refractivity contribution in [2.45, 2.75) is 18.8 Å². The van der Waals surface area contributed by atoms with Crippen LogP contribution in [0.4, 0.5) is 32.2 Å². The SMILES string of the molecule is Cn1cc(NC(=O)CCN2C(=O)C(=Cc3cc(-c4cc(C(F)(F)F)cc(C(F)(F)F)c4)cs3)SC2=S)nc1C(=O)O. The normalized spacial score (nSPS) is 15.2. The Morgan fingerprint density at radius 1 is 1.07 bits per heavy atom. The lowest BCUT2D eigenvalue weighted by molar-refractivity contribution is -0.143. The van der Waals surface area contributed by atoms with Gasteiger partial charge >= 0.3 is 18.3 Å². The second-order valence-corrected chi connectivity index (χ2v) is 11.1. The van der Waals surface area contributed by atoms with E-state index in [-0.39, 0.29) is 51.0 Å². The summed E-state index contributed by atoms with van der Waals surface area (Å²) in [5.74, 6) is -2.65. The number of anilines is 1. The number of nitrogens with zero attached hydrogens (tertiary/aromatic N) is 3. The molecular weight excluding hydrogens is 618 g/mol. The van der Waals surface area contributed by atoms with E-state index >= 15 is 0 Å². The molecular formula is C24H16F6N4O4S3. The first-order chi connectivity index (χ1) is 19.0. The lowest BCUT2D eigenvalue weighted by Crippen LogP contribution is -2.31. The maximum Gasteiger partial charge on any atom is 0.416 e. The van der Waals surface area contributed by atoms with Crippen molar-refractivity contribution in [1.29, 1.82) is 0 Å². The van der Waals surface area contributed by atoms with Crippen molar-refractivity contribution < 1.29 is 45.8 Å². The molecule has 3 aromatic rings. The second-order valence-electron chi connectivity index (χ2n) is 8.53. The summed E-state index contributed by atoms with van der Waals surface area (Å²) in [6.45, 7) is -0.105. The van der Waals surface area contributed by atoms with Crippen LogP contribution in [0.1, 0.15) is 33.0 Å². The molecule has 0 saturated carbocycles. The Morgan fingerprint density at radius 2 is 1.71 bits per heavy atom. The van der Waals surface area contributed by atoms with E-state index in [1.807, 2.05) is 0 Å². The molecule has 1 aromatic carbocycles. The molecule has 1 fully saturated rings. The number of benzene rings is 1. The number of nitrogens with one attached hydrogen (secondary N) is 1. The van der Waals surface area contributed by atoms with Gasteiger partial charge in [-0.1, -0.05) is 24.0 Å². The second kappa shape index (κ2) is 11.3. The number of carboxylic acids is 1. The van der Waals surface area contributed by atoms with Gasteiger partial charge in [0.15, 0.2) is 5.82 Å². The number of thiophene rings is 1. The molecule has 17 heteroatoms. The minimum atomic E-state index is -4.99. The van der Waals surface area contributed by atoms with Gasteiger partial charge in [-0.15, -0.1) is 11.3 Å². The van der Waals surface area contributed by atoms with Crippen molar-refractivity contribution in [2.75, 3.05) is 11.9 Å². The Balaban J connectivity index is 1.46. The van der Waals surface area contributed by atoms with Crippen LogP contribution in [0.5, 0.6) is 0 Å². The molecule has 0 unspecified atom stereocenters. The minimum absolute atomic E-state index is 0.0109. The Labute approximate surface area is 240 Å². The van der Waals surface area contributed by atoms with Crippen LogP contribution in [-0.4, -0.2) is 48.2 Å². The highest BCUT2D eigenvalue weighted by atomic mass is 32.2. The van der Waals surface area contributed by atoms with Gasteiger partial charge in [0.05, 0.1) is 16.0 Å². The van der Waals surface area contributed by atoms with Gasteiger partial charge in [0, 0.05) is 31.1 Å². The molecule has 1 aliphatic rings. The Bertz CT molecular complexity index is 1560. The summed E-state index contributed by atoms with van der Waals surface area (Å²) in [5, 5.41) is 12.9. The quantitative estimate of drug-likeness (QED) is 0.184. The maximum absolute atomic E-state index is 13.2. The van der Waals surface area contributed by atoms with Crippen LogP contribution in [0.2, 0.25) is 0 Å². The molecule has 0 bridgehead atoms. The first kappa shape index (κ1) is 30.3. The highest BCUT2D eigenvalue weighted by Crippen LogP contribution is 2.40. The summed E-state index contributed by atoms with van der Waals surface area (Å²) in [5.41, 5.74) is -3.06. The molecule has 0 atom stereocenters. The van der Waals surface area contributed by atoms with E-state index in [1.165, 1.54) is 40.2 Å². The van der Waals surface area contributed by atoms with Gasteiger partial charge in [0.1, 0.15) is 4.32 Å². The van der Waals surface area contributed by atoms with E-state index in [1.54, 1.807) is 0 Å². The Morgan fingerprint density at radius 3 is 2.27 bits per heavy atom. The van der Waals surface area contributed by atoms with Crippen molar-refractivity contribution in [3.05, 3.63) is 62.6 Å². The van der Waals surface area contributed by atoms with Crippen LogP contribution < -0.4 is 5.32 Å². The van der Waals surface area contributed by atoms with Gasteiger partial charge in [-0.3, -0.25) is 14.5 Å². The zero-order valence-corrected chi connectivity index (χ0v) is 22.9. The first-order valence-corrected chi connectivity index (χ1v) is 13.3. The van der Waals surface area contributed by atoms with Gasteiger partial charge < -0.3 is 15.0 Å². The molecule has 2 N–H and O–H groups in total. The number of alkyl halides is 6. The number of carboxylic acid groups (broad SMARTS) is 1. The van der Waals surface area contributed by atoms with E-state index < -0.39 is 41.3 Å². The molecule has 216 valence electrons. The highest BCUT2D eigenvalue weighted by Gasteiger charge is 2.37. The molecule has 3 heterocycles. The molecule has 0 aliphatic carbocycles. The average Bonchev–Trinajstić information content (AvgIpc) is 3.54. The summed E-state index contributed by atoms with van der Waals surface area (Å²) < 4.78 is 80.7. The molecule has 0 radical (unpaired) electrons. The van der Waals surface area contributed by atoms with Crippen molar-refractivity contribution in [1.82, 2.24) is 14.5 Å². The van der Waals surface area contributed by atoms with Crippen molar-refractivity contribution in [3.63, 3.8) is 0 Å². The summed E-state index contributed by atoms with van der Waals surface area (Å²) >= 11 is 7.16. The third-order valence-corrected chi connectivity index (χ3v) is 7.84. The monoisotopic (exact) mass is 634 g/mol. The van der Waals surface area contributed by atoms with Gasteiger partial charge in [-0.05, 0) is 46.8 Å². The number of aromatic carboxylic acids is 1. The van der Waals surface area contributed by atoms with Gasteiger partial charge in [-0.25, -0.2) is 9.78 Å². The van der Waals surface area contributed by atoms with Gasteiger partial charge in [0.2, 0.25) is 11.7 Å². The summed E-state index contributed by atoms with van der Waals surface area (Å²) in [6.07, 6.45) is -7.45. The minimum Gasteiger partial charge on any atom is -0.475 e. The van der Waals surface area contributed by atoms with E-state index in [4.69, 9.17) is 17.3 Å². The number of imidazole rings is 1. The lowest BCUT2D eigenvalue weighted by atomic mass is 10.0. The van der Waals surface area contributed by atoms with E-state index in [2.05, 4.69) is 10.3 Å². The number of carbonyl (C=O) groups excluding carboxylic acids is 2. The predicted molar refractivity (Wildman–Crippen MR) is 143 cm³/mol. The molecule has 8 nitrogen and oxygen atoms in total. The van der Waals surface area contributed by atoms with E-state index in [0.717, 1.165) is 23.1 Å². The van der Waals surface area contributed by atoms with Crippen molar-refractivity contribution >= 4 is 69.3 Å². The molecule has 4 rings (SSSR count). The van der Waals surface area contributed by atoms with Gasteiger partial charge in [0.25, 0.3) is 5.91 Å². The lowest BCUT2D eigenvalue weighted by Gasteiger charge is -2.13. The third kappa shape index (κ3) is 6.97. The molecule has 2 amide bonds. The number of halogens is 6. The summed E-state index contributed by atoms with van der Waals surface area (Å²) in [7, 11) is 1.44. The fraction of sp³-hybridized carbons (Fsp3) is 0.208. The zero-order chi connectivity index (χ0) is 30.3. The van der Waals surface area contributed by atoms with E-state index in [0.29, 0.717) is 17.0 Å². The Kier molecular flexibility index (Phi) is 8.33. The van der Waals surface area contributed by atoms with E-state index in [9.17, 15) is 40.7 Å². The fourth-order valence-corrected chi connectivity index (χ4v) is 5.89. The number of hydrogen-bond donors (Lipinski definition) is 2. The van der Waals surface area contributed by atoms with Crippen LogP contribution in [0.25, 0.3) is 17.2 Å². The highest BCUT2D eigenvalue weighted by molar-refractivity contribution is 8.26. The average molecular weight is 635 g/mol. The first-order valence-electron chi connectivity index (χ1n) is 11.2. The van der Waals surface area contributed by atoms with Crippen molar-refractivity contribution in [2.24, 2.45) is 7.05 Å². The molecule has 0 spiro atoms. The zero-order valence-electron chi connectivity index (χ0n) is 20.5. The van der Waals surface area contributed by atoms with Crippen molar-refractivity contribution in [3.8, 4) is 11.1 Å².